The first-order chi connectivity index (χ1) is 8.48. The minimum Gasteiger partial charge on any atom is -0.493 e. The molecule has 2 N–H and O–H groups in total. The van der Waals surface area contributed by atoms with Crippen molar-refractivity contribution in [1.29, 1.82) is 0 Å². The Hall–Kier alpha value is -1.85. The molecule has 4 nitrogen and oxygen atoms in total. The maximum atomic E-state index is 12.9. The first kappa shape index (κ1) is 12.6. The van der Waals surface area contributed by atoms with Crippen LogP contribution in [0.25, 0.3) is 0 Å². The second kappa shape index (κ2) is 4.80. The number of amidine groups is 1. The van der Waals surface area contributed by atoms with Crippen molar-refractivity contribution in [3.05, 3.63) is 29.8 Å². The van der Waals surface area contributed by atoms with E-state index in [9.17, 15) is 8.78 Å². The lowest BCUT2D eigenvalue weighted by Crippen LogP contribution is -2.26. The quantitative estimate of drug-likeness (QED) is 0.894. The van der Waals surface area contributed by atoms with Gasteiger partial charge in [0.05, 0.1) is 6.61 Å². The molecular weight excluding hydrogens is 242 g/mol. The van der Waals surface area contributed by atoms with Crippen molar-refractivity contribution in [2.75, 3.05) is 13.2 Å². The van der Waals surface area contributed by atoms with Crippen LogP contribution in [-0.4, -0.2) is 24.8 Å². The summed E-state index contributed by atoms with van der Waals surface area (Å²) < 4.78 is 36.0. The van der Waals surface area contributed by atoms with Crippen molar-refractivity contribution in [2.24, 2.45) is 10.7 Å². The van der Waals surface area contributed by atoms with Crippen LogP contribution in [0.3, 0.4) is 0 Å². The molecule has 0 radical (unpaired) electrons. The van der Waals surface area contributed by atoms with Gasteiger partial charge in [-0.2, -0.15) is 0 Å². The maximum absolute atomic E-state index is 12.9. The zero-order valence-corrected chi connectivity index (χ0v) is 9.95. The topological polar surface area (TPSA) is 56.8 Å². The van der Waals surface area contributed by atoms with E-state index in [1.807, 2.05) is 6.92 Å². The van der Waals surface area contributed by atoms with Gasteiger partial charge in [0, 0.05) is 12.5 Å². The lowest BCUT2D eigenvalue weighted by atomic mass is 10.0. The molecule has 0 bridgehead atoms. The van der Waals surface area contributed by atoms with Crippen molar-refractivity contribution < 1.29 is 18.3 Å². The van der Waals surface area contributed by atoms with E-state index >= 15 is 0 Å². The van der Waals surface area contributed by atoms with Crippen LogP contribution < -0.4 is 10.5 Å². The molecule has 1 heterocycles. The van der Waals surface area contributed by atoms with Crippen molar-refractivity contribution in [3.8, 4) is 5.75 Å². The number of nitrogens with two attached hydrogens (primary N) is 1. The van der Waals surface area contributed by atoms with E-state index in [2.05, 4.69) is 4.99 Å². The third-order valence-electron chi connectivity index (χ3n) is 2.71. The summed E-state index contributed by atoms with van der Waals surface area (Å²) in [4.78, 5) is 4.14. The second-order valence-electron chi connectivity index (χ2n) is 4.41. The summed E-state index contributed by atoms with van der Waals surface area (Å²) in [6, 6.07) is 3.59. The largest absolute Gasteiger partial charge is 0.493 e. The fourth-order valence-electron chi connectivity index (χ4n) is 1.64. The smallest absolute Gasteiger partial charge is 0.282 e. The van der Waals surface area contributed by atoms with Crippen molar-refractivity contribution >= 4 is 6.02 Å². The summed E-state index contributed by atoms with van der Waals surface area (Å²) in [5.74, 6) is -1.53. The standard InChI is InChI=1S/C12H14F2N2O2/c1-12(7-18-11(15)16-12)4-5-17-8-2-3-9(13)10(14)6-8/h2-3,6H,4-5,7H2,1H3,(H2,15,16)/t12-/m0/s1. The highest BCUT2D eigenvalue weighted by atomic mass is 19.2. The van der Waals surface area contributed by atoms with Gasteiger partial charge in [-0.25, -0.2) is 13.8 Å². The maximum Gasteiger partial charge on any atom is 0.282 e. The van der Waals surface area contributed by atoms with Gasteiger partial charge in [0.1, 0.15) is 17.9 Å². The minimum atomic E-state index is -0.926. The molecule has 0 aromatic heterocycles. The number of rotatable bonds is 4. The average Bonchev–Trinajstić information content (AvgIpc) is 2.64. The Bertz CT molecular complexity index is 479. The Balaban J connectivity index is 1.87. The summed E-state index contributed by atoms with van der Waals surface area (Å²) in [5.41, 5.74) is 5.01. The van der Waals surface area contributed by atoms with Crippen LogP contribution in [0, 0.1) is 11.6 Å². The van der Waals surface area contributed by atoms with Crippen LogP contribution in [-0.2, 0) is 4.74 Å². The van der Waals surface area contributed by atoms with Crippen LogP contribution in [0.1, 0.15) is 13.3 Å². The predicted molar refractivity (Wildman–Crippen MR) is 62.4 cm³/mol. The second-order valence-corrected chi connectivity index (χ2v) is 4.41. The third-order valence-corrected chi connectivity index (χ3v) is 2.71. The molecule has 0 saturated carbocycles. The summed E-state index contributed by atoms with van der Waals surface area (Å²) in [6.45, 7) is 2.61. The Labute approximate surface area is 103 Å². The van der Waals surface area contributed by atoms with E-state index in [0.29, 0.717) is 19.6 Å². The van der Waals surface area contributed by atoms with Crippen LogP contribution in [0.4, 0.5) is 8.78 Å². The molecule has 0 amide bonds. The van der Waals surface area contributed by atoms with Crippen LogP contribution in [0.15, 0.2) is 23.2 Å². The molecule has 0 unspecified atom stereocenters. The van der Waals surface area contributed by atoms with E-state index in [4.69, 9.17) is 15.2 Å². The highest BCUT2D eigenvalue weighted by Gasteiger charge is 2.30. The summed E-state index contributed by atoms with van der Waals surface area (Å²) >= 11 is 0. The Kier molecular flexibility index (Phi) is 3.36. The van der Waals surface area contributed by atoms with Gasteiger partial charge >= 0.3 is 0 Å². The third kappa shape index (κ3) is 2.88. The summed E-state index contributed by atoms with van der Waals surface area (Å²) in [6.07, 6.45) is 0.576. The molecule has 2 rings (SSSR count). The fraction of sp³-hybridized carbons (Fsp3) is 0.417. The van der Waals surface area contributed by atoms with E-state index < -0.39 is 17.2 Å². The molecule has 98 valence electrons. The summed E-state index contributed by atoms with van der Waals surface area (Å²) in [5, 5.41) is 0. The van der Waals surface area contributed by atoms with E-state index in [1.54, 1.807) is 0 Å². The molecule has 0 aliphatic carbocycles. The normalized spacial score (nSPS) is 22.5. The molecule has 1 aromatic carbocycles. The fourth-order valence-corrected chi connectivity index (χ4v) is 1.64. The number of benzene rings is 1. The van der Waals surface area contributed by atoms with Crippen LogP contribution in [0.2, 0.25) is 0 Å². The molecule has 1 aromatic rings. The number of ether oxygens (including phenoxy) is 2. The van der Waals surface area contributed by atoms with Gasteiger partial charge in [-0.05, 0) is 19.1 Å². The van der Waals surface area contributed by atoms with Gasteiger partial charge in [0.15, 0.2) is 11.6 Å². The molecule has 0 fully saturated rings. The van der Waals surface area contributed by atoms with Gasteiger partial charge in [-0.3, -0.25) is 0 Å². The number of aliphatic imine (C=N–C) groups is 1. The predicted octanol–water partition coefficient (Wildman–Crippen LogP) is 1.84. The molecule has 1 aliphatic rings. The first-order valence-electron chi connectivity index (χ1n) is 5.54. The van der Waals surface area contributed by atoms with Crippen molar-refractivity contribution in [3.63, 3.8) is 0 Å². The van der Waals surface area contributed by atoms with Gasteiger partial charge in [0.2, 0.25) is 0 Å². The first-order valence-corrected chi connectivity index (χ1v) is 5.54. The van der Waals surface area contributed by atoms with Crippen molar-refractivity contribution in [2.45, 2.75) is 18.9 Å². The Morgan fingerprint density at radius 2 is 2.22 bits per heavy atom. The lowest BCUT2D eigenvalue weighted by molar-refractivity contribution is 0.216. The van der Waals surface area contributed by atoms with Gasteiger partial charge in [0.25, 0.3) is 6.02 Å². The van der Waals surface area contributed by atoms with Gasteiger partial charge in [-0.1, -0.05) is 0 Å². The molecule has 1 atom stereocenters. The molecule has 1 aliphatic heterocycles. The van der Waals surface area contributed by atoms with E-state index in [-0.39, 0.29) is 11.8 Å². The number of hydrogen-bond donors (Lipinski definition) is 1. The minimum absolute atomic E-state index is 0.172. The Morgan fingerprint density at radius 3 is 2.83 bits per heavy atom. The number of halogens is 2. The summed E-state index contributed by atoms with van der Waals surface area (Å²) in [7, 11) is 0. The average molecular weight is 256 g/mol. The monoisotopic (exact) mass is 256 g/mol. The lowest BCUT2D eigenvalue weighted by Gasteiger charge is -2.18. The zero-order valence-electron chi connectivity index (χ0n) is 9.95. The van der Waals surface area contributed by atoms with Gasteiger partial charge in [-0.15, -0.1) is 0 Å². The van der Waals surface area contributed by atoms with E-state index in [0.717, 1.165) is 12.1 Å². The van der Waals surface area contributed by atoms with Gasteiger partial charge < -0.3 is 15.2 Å². The van der Waals surface area contributed by atoms with Crippen molar-refractivity contribution in [1.82, 2.24) is 0 Å². The molecule has 0 spiro atoms. The zero-order chi connectivity index (χ0) is 13.2. The number of hydrogen-bond acceptors (Lipinski definition) is 4. The number of nitrogens with zero attached hydrogens (tertiary/aromatic N) is 1. The molecular formula is C12H14F2N2O2. The van der Waals surface area contributed by atoms with Crippen LogP contribution >= 0.6 is 0 Å². The highest BCUT2D eigenvalue weighted by molar-refractivity contribution is 5.73. The Morgan fingerprint density at radius 1 is 1.44 bits per heavy atom. The highest BCUT2D eigenvalue weighted by Crippen LogP contribution is 2.22. The SMILES string of the molecule is C[C@]1(CCOc2ccc(F)c(F)c2)COC(N)=N1. The molecule has 0 saturated heterocycles. The molecule has 6 heteroatoms. The molecule has 18 heavy (non-hydrogen) atoms. The van der Waals surface area contributed by atoms with E-state index in [1.165, 1.54) is 6.07 Å². The van der Waals surface area contributed by atoms with Crippen LogP contribution in [0.5, 0.6) is 5.75 Å².